The van der Waals surface area contributed by atoms with Gasteiger partial charge in [0.25, 0.3) is 0 Å². The Hall–Kier alpha value is -0.550. The fourth-order valence-corrected chi connectivity index (χ4v) is 3.33. The van der Waals surface area contributed by atoms with E-state index >= 15 is 0 Å². The number of thioether (sulfide) groups is 1. The van der Waals surface area contributed by atoms with Crippen molar-refractivity contribution in [3.63, 3.8) is 0 Å². The van der Waals surface area contributed by atoms with Crippen molar-refractivity contribution in [3.8, 4) is 0 Å². The first-order valence-electron chi connectivity index (χ1n) is 5.68. The van der Waals surface area contributed by atoms with Gasteiger partial charge >= 0.3 is 0 Å². The lowest BCUT2D eigenvalue weighted by molar-refractivity contribution is 0.112. The summed E-state index contributed by atoms with van der Waals surface area (Å²) in [5.41, 5.74) is 0.920. The number of carbonyl (C=O) groups is 1. The molecule has 0 N–H and O–H groups in total. The summed E-state index contributed by atoms with van der Waals surface area (Å²) in [4.78, 5) is 18.5. The Morgan fingerprint density at radius 3 is 2.53 bits per heavy atom. The van der Waals surface area contributed by atoms with Crippen LogP contribution in [0.2, 0.25) is 0 Å². The van der Waals surface area contributed by atoms with Gasteiger partial charge in [0.1, 0.15) is 0 Å². The van der Waals surface area contributed by atoms with E-state index in [2.05, 4.69) is 36.9 Å². The molecule has 1 aromatic heterocycles. The molecule has 0 radical (unpaired) electrons. The Labute approximate surface area is 112 Å². The molecular weight excluding hydrogens is 252 g/mol. The van der Waals surface area contributed by atoms with E-state index in [1.807, 2.05) is 18.8 Å². The van der Waals surface area contributed by atoms with Crippen LogP contribution in [0.15, 0.2) is 0 Å². The number of aldehydes is 1. The van der Waals surface area contributed by atoms with Gasteiger partial charge in [-0.05, 0) is 19.1 Å². The third-order valence-corrected chi connectivity index (χ3v) is 4.60. The molecule has 0 aliphatic heterocycles. The van der Waals surface area contributed by atoms with Gasteiger partial charge in [0.2, 0.25) is 0 Å². The van der Waals surface area contributed by atoms with Crippen molar-refractivity contribution in [2.75, 3.05) is 24.0 Å². The Balaban J connectivity index is 2.95. The average molecular weight is 272 g/mol. The molecule has 5 heteroatoms. The summed E-state index contributed by atoms with van der Waals surface area (Å²) in [5, 5.41) is 0.942. The number of hydrogen-bond acceptors (Lipinski definition) is 5. The van der Waals surface area contributed by atoms with E-state index in [0.717, 1.165) is 27.7 Å². The van der Waals surface area contributed by atoms with Crippen LogP contribution in [0.5, 0.6) is 0 Å². The van der Waals surface area contributed by atoms with Crippen LogP contribution in [0.3, 0.4) is 0 Å². The maximum Gasteiger partial charge on any atom is 0.186 e. The Kier molecular flexibility index (Phi) is 5.46. The Morgan fingerprint density at radius 1 is 1.47 bits per heavy atom. The maximum absolute atomic E-state index is 11.0. The molecule has 0 saturated carbocycles. The molecule has 1 unspecified atom stereocenters. The highest BCUT2D eigenvalue weighted by Crippen LogP contribution is 2.30. The summed E-state index contributed by atoms with van der Waals surface area (Å²) in [6.07, 6.45) is 3.02. The van der Waals surface area contributed by atoms with Gasteiger partial charge in [-0.3, -0.25) is 4.79 Å². The third kappa shape index (κ3) is 3.45. The van der Waals surface area contributed by atoms with Crippen LogP contribution in [0.1, 0.15) is 42.1 Å². The second-order valence-corrected chi connectivity index (χ2v) is 6.35. The Bertz CT molecular complexity index is 377. The lowest BCUT2D eigenvalue weighted by Crippen LogP contribution is -2.30. The summed E-state index contributed by atoms with van der Waals surface area (Å²) < 4.78 is 0. The minimum absolute atomic E-state index is 0.296. The first-order chi connectivity index (χ1) is 8.01. The summed E-state index contributed by atoms with van der Waals surface area (Å²) in [7, 11) is 2.04. The summed E-state index contributed by atoms with van der Waals surface area (Å²) in [5.74, 6) is 1.35. The van der Waals surface area contributed by atoms with Crippen LogP contribution in [-0.4, -0.2) is 36.4 Å². The number of carbonyl (C=O) groups excluding carboxylic acids is 1. The molecule has 17 heavy (non-hydrogen) atoms. The summed E-state index contributed by atoms with van der Waals surface area (Å²) >= 11 is 3.31. The Morgan fingerprint density at radius 2 is 2.12 bits per heavy atom. The number of anilines is 1. The van der Waals surface area contributed by atoms with Crippen LogP contribution in [0.4, 0.5) is 5.13 Å². The van der Waals surface area contributed by atoms with E-state index < -0.39 is 0 Å². The number of thiazole rings is 1. The second kappa shape index (κ2) is 6.40. The smallest absolute Gasteiger partial charge is 0.186 e. The second-order valence-electron chi connectivity index (χ2n) is 4.43. The summed E-state index contributed by atoms with van der Waals surface area (Å²) in [6.45, 7) is 6.31. The molecule has 0 aliphatic carbocycles. The fraction of sp³-hybridized carbons (Fsp3) is 0.667. The molecule has 0 fully saturated rings. The van der Waals surface area contributed by atoms with Gasteiger partial charge in [0.05, 0.1) is 10.6 Å². The van der Waals surface area contributed by atoms with Crippen LogP contribution in [0, 0.1) is 0 Å². The van der Waals surface area contributed by atoms with Gasteiger partial charge in [0.15, 0.2) is 11.4 Å². The van der Waals surface area contributed by atoms with Gasteiger partial charge in [-0.1, -0.05) is 25.2 Å². The molecule has 0 aliphatic rings. The lowest BCUT2D eigenvalue weighted by Gasteiger charge is -2.23. The van der Waals surface area contributed by atoms with Crippen molar-refractivity contribution in [2.45, 2.75) is 32.7 Å². The van der Waals surface area contributed by atoms with Crippen LogP contribution in [-0.2, 0) is 0 Å². The maximum atomic E-state index is 11.0. The molecule has 96 valence electrons. The molecule has 0 spiro atoms. The lowest BCUT2D eigenvalue weighted by atomic mass is 10.1. The van der Waals surface area contributed by atoms with Gasteiger partial charge in [-0.25, -0.2) is 4.98 Å². The molecule has 0 saturated heterocycles. The van der Waals surface area contributed by atoms with E-state index in [9.17, 15) is 4.79 Å². The van der Waals surface area contributed by atoms with Gasteiger partial charge < -0.3 is 4.90 Å². The van der Waals surface area contributed by atoms with Crippen LogP contribution in [0.25, 0.3) is 0 Å². The molecule has 1 rings (SSSR count). The third-order valence-electron chi connectivity index (χ3n) is 2.69. The molecule has 0 bridgehead atoms. The van der Waals surface area contributed by atoms with E-state index in [1.165, 1.54) is 11.3 Å². The number of nitrogens with zero attached hydrogens (tertiary/aromatic N) is 2. The zero-order valence-electron chi connectivity index (χ0n) is 11.1. The highest BCUT2D eigenvalue weighted by Gasteiger charge is 2.18. The van der Waals surface area contributed by atoms with Crippen LogP contribution < -0.4 is 4.90 Å². The highest BCUT2D eigenvalue weighted by atomic mass is 32.2. The monoisotopic (exact) mass is 272 g/mol. The largest absolute Gasteiger partial charge is 0.348 e. The van der Waals surface area contributed by atoms with Crippen molar-refractivity contribution < 1.29 is 4.79 Å². The fourth-order valence-electron chi connectivity index (χ4n) is 1.52. The first-order valence-corrected chi connectivity index (χ1v) is 7.90. The van der Waals surface area contributed by atoms with Crippen molar-refractivity contribution in [1.82, 2.24) is 4.98 Å². The molecule has 1 aromatic rings. The molecule has 3 nitrogen and oxygen atoms in total. The molecular formula is C12H20N2OS2. The molecule has 0 amide bonds. The number of aromatic nitrogens is 1. The predicted octanol–water partition coefficient (Wildman–Crippen LogP) is 3.27. The van der Waals surface area contributed by atoms with Gasteiger partial charge in [-0.15, -0.1) is 0 Å². The van der Waals surface area contributed by atoms with Gasteiger partial charge in [0, 0.05) is 18.8 Å². The minimum Gasteiger partial charge on any atom is -0.348 e. The molecule has 1 atom stereocenters. The topological polar surface area (TPSA) is 33.2 Å². The average Bonchev–Trinajstić information content (AvgIpc) is 2.72. The quantitative estimate of drug-likeness (QED) is 0.744. The zero-order chi connectivity index (χ0) is 13.0. The van der Waals surface area contributed by atoms with Crippen molar-refractivity contribution in [3.05, 3.63) is 10.6 Å². The highest BCUT2D eigenvalue weighted by molar-refractivity contribution is 7.98. The standard InChI is InChI=1S/C12H20N2OS2/c1-8(2)11-10(6-15)17-12(13-11)14(4)9(3)7-16-5/h6,8-9H,7H2,1-5H3. The SMILES string of the molecule is CSCC(C)N(C)c1nc(C(C)C)c(C=O)s1. The predicted molar refractivity (Wildman–Crippen MR) is 77.8 cm³/mol. The van der Waals surface area contributed by atoms with E-state index in [-0.39, 0.29) is 0 Å². The minimum atomic E-state index is 0.296. The van der Waals surface area contributed by atoms with Crippen LogP contribution >= 0.6 is 23.1 Å². The normalized spacial score (nSPS) is 12.8. The van der Waals surface area contributed by atoms with E-state index in [4.69, 9.17) is 0 Å². The number of hydrogen-bond donors (Lipinski definition) is 0. The first kappa shape index (κ1) is 14.5. The van der Waals surface area contributed by atoms with Gasteiger partial charge in [-0.2, -0.15) is 11.8 Å². The zero-order valence-corrected chi connectivity index (χ0v) is 12.7. The molecule has 0 aromatic carbocycles. The summed E-state index contributed by atoms with van der Waals surface area (Å²) in [6, 6.07) is 0.427. The number of rotatable bonds is 6. The van der Waals surface area contributed by atoms with E-state index in [0.29, 0.717) is 12.0 Å². The van der Waals surface area contributed by atoms with Crippen molar-refractivity contribution >= 4 is 34.5 Å². The van der Waals surface area contributed by atoms with Crippen molar-refractivity contribution in [2.24, 2.45) is 0 Å². The molecule has 1 heterocycles. The van der Waals surface area contributed by atoms with E-state index in [1.54, 1.807) is 0 Å². The van der Waals surface area contributed by atoms with Crippen molar-refractivity contribution in [1.29, 1.82) is 0 Å².